The van der Waals surface area contributed by atoms with E-state index in [2.05, 4.69) is 28.5 Å². The number of benzene rings is 2. The maximum absolute atomic E-state index is 8.84. The van der Waals surface area contributed by atoms with Crippen molar-refractivity contribution in [2.45, 2.75) is 26.5 Å². The topological polar surface area (TPSA) is 76.6 Å². The Morgan fingerprint density at radius 2 is 1.71 bits per heavy atom. The SMILES string of the molecule is CCCn1nnnc1COc1ccc(-c2ccc(C#N)cc2)cc1. The van der Waals surface area contributed by atoms with E-state index in [1.54, 1.807) is 4.68 Å². The van der Waals surface area contributed by atoms with E-state index in [4.69, 9.17) is 10.00 Å². The third-order valence-electron chi connectivity index (χ3n) is 3.61. The molecule has 0 bridgehead atoms. The summed E-state index contributed by atoms with van der Waals surface area (Å²) in [5.74, 6) is 1.48. The molecule has 3 aromatic rings. The number of aryl methyl sites for hydroxylation is 1. The molecule has 0 aliphatic heterocycles. The first-order valence-electron chi connectivity index (χ1n) is 7.78. The Kier molecular flexibility index (Phi) is 4.82. The van der Waals surface area contributed by atoms with Crippen LogP contribution in [0.5, 0.6) is 5.75 Å². The second-order valence-electron chi connectivity index (χ2n) is 5.32. The lowest BCUT2D eigenvalue weighted by atomic mass is 10.0. The van der Waals surface area contributed by atoms with Gasteiger partial charge in [-0.25, -0.2) is 4.68 Å². The first kappa shape index (κ1) is 15.7. The molecule has 0 fully saturated rings. The van der Waals surface area contributed by atoms with Crippen LogP contribution in [-0.2, 0) is 13.2 Å². The number of hydrogen-bond donors (Lipinski definition) is 0. The first-order chi connectivity index (χ1) is 11.8. The molecule has 6 nitrogen and oxygen atoms in total. The molecule has 3 rings (SSSR count). The van der Waals surface area contributed by atoms with Gasteiger partial charge in [0, 0.05) is 6.54 Å². The lowest BCUT2D eigenvalue weighted by Crippen LogP contribution is -2.08. The second kappa shape index (κ2) is 7.38. The zero-order valence-electron chi connectivity index (χ0n) is 13.4. The summed E-state index contributed by atoms with van der Waals surface area (Å²) in [6, 6.07) is 17.4. The van der Waals surface area contributed by atoms with Crippen molar-refractivity contribution in [3.8, 4) is 22.9 Å². The number of tetrazole rings is 1. The van der Waals surface area contributed by atoms with E-state index in [1.807, 2.05) is 48.5 Å². The summed E-state index contributed by atoms with van der Waals surface area (Å²) >= 11 is 0. The molecule has 0 aliphatic rings. The number of nitriles is 1. The minimum Gasteiger partial charge on any atom is -0.486 e. The van der Waals surface area contributed by atoms with Gasteiger partial charge >= 0.3 is 0 Å². The Hall–Kier alpha value is -3.20. The van der Waals surface area contributed by atoms with Crippen LogP contribution in [-0.4, -0.2) is 20.2 Å². The van der Waals surface area contributed by atoms with Crippen LogP contribution in [0.25, 0.3) is 11.1 Å². The lowest BCUT2D eigenvalue weighted by molar-refractivity contribution is 0.286. The van der Waals surface area contributed by atoms with E-state index in [9.17, 15) is 0 Å². The maximum atomic E-state index is 8.84. The van der Waals surface area contributed by atoms with Crippen LogP contribution in [0.2, 0.25) is 0 Å². The van der Waals surface area contributed by atoms with Gasteiger partial charge < -0.3 is 4.74 Å². The van der Waals surface area contributed by atoms with Gasteiger partial charge in [-0.2, -0.15) is 5.26 Å². The van der Waals surface area contributed by atoms with Gasteiger partial charge in [-0.05, 0) is 52.2 Å². The maximum Gasteiger partial charge on any atom is 0.189 e. The Morgan fingerprint density at radius 3 is 2.33 bits per heavy atom. The number of hydrogen-bond acceptors (Lipinski definition) is 5. The smallest absolute Gasteiger partial charge is 0.189 e. The standard InChI is InChI=1S/C18H17N5O/c1-2-11-23-18(20-21-22-23)13-24-17-9-7-16(8-10-17)15-5-3-14(12-19)4-6-15/h3-10H,2,11,13H2,1H3. The summed E-state index contributed by atoms with van der Waals surface area (Å²) in [5.41, 5.74) is 2.79. The summed E-state index contributed by atoms with van der Waals surface area (Å²) < 4.78 is 7.51. The summed E-state index contributed by atoms with van der Waals surface area (Å²) in [7, 11) is 0. The van der Waals surface area contributed by atoms with E-state index in [0.29, 0.717) is 18.0 Å². The van der Waals surface area contributed by atoms with Gasteiger partial charge in [-0.3, -0.25) is 0 Å². The van der Waals surface area contributed by atoms with E-state index >= 15 is 0 Å². The van der Waals surface area contributed by atoms with Crippen molar-refractivity contribution < 1.29 is 4.74 Å². The minimum atomic E-state index is 0.337. The third-order valence-corrected chi connectivity index (χ3v) is 3.61. The molecule has 0 atom stereocenters. The fourth-order valence-electron chi connectivity index (χ4n) is 2.34. The van der Waals surface area contributed by atoms with Gasteiger partial charge in [0.25, 0.3) is 0 Å². The molecule has 0 radical (unpaired) electrons. The van der Waals surface area contributed by atoms with Crippen molar-refractivity contribution in [2.75, 3.05) is 0 Å². The highest BCUT2D eigenvalue weighted by Gasteiger charge is 2.06. The van der Waals surface area contributed by atoms with Gasteiger partial charge in [0.1, 0.15) is 12.4 Å². The van der Waals surface area contributed by atoms with Crippen molar-refractivity contribution in [1.29, 1.82) is 5.26 Å². The predicted octanol–water partition coefficient (Wildman–Crippen LogP) is 3.20. The summed E-state index contributed by atoms with van der Waals surface area (Å²) in [4.78, 5) is 0. The van der Waals surface area contributed by atoms with E-state index in [0.717, 1.165) is 29.8 Å². The normalized spacial score (nSPS) is 10.3. The molecular weight excluding hydrogens is 302 g/mol. The Balaban J connectivity index is 1.66. The van der Waals surface area contributed by atoms with Crippen molar-refractivity contribution >= 4 is 0 Å². The molecule has 0 spiro atoms. The minimum absolute atomic E-state index is 0.337. The molecule has 0 unspecified atom stereocenters. The number of nitrogens with zero attached hydrogens (tertiary/aromatic N) is 5. The molecule has 6 heteroatoms. The number of ether oxygens (including phenoxy) is 1. The number of rotatable bonds is 6. The molecule has 0 N–H and O–H groups in total. The largest absolute Gasteiger partial charge is 0.486 e. The molecule has 1 heterocycles. The Bertz CT molecular complexity index is 831. The van der Waals surface area contributed by atoms with Crippen molar-refractivity contribution in [3.05, 3.63) is 59.9 Å². The first-order valence-corrected chi connectivity index (χ1v) is 7.78. The third kappa shape index (κ3) is 3.58. The second-order valence-corrected chi connectivity index (χ2v) is 5.32. The van der Waals surface area contributed by atoms with Crippen LogP contribution >= 0.6 is 0 Å². The highest BCUT2D eigenvalue weighted by Crippen LogP contribution is 2.23. The van der Waals surface area contributed by atoms with Gasteiger partial charge in [0.2, 0.25) is 0 Å². The average Bonchev–Trinajstić information content (AvgIpc) is 3.08. The molecule has 120 valence electrons. The summed E-state index contributed by atoms with van der Waals surface area (Å²) in [5, 5.41) is 20.4. The quantitative estimate of drug-likeness (QED) is 0.697. The van der Waals surface area contributed by atoms with Crippen LogP contribution in [0.15, 0.2) is 48.5 Å². The van der Waals surface area contributed by atoms with Crippen LogP contribution in [0, 0.1) is 11.3 Å². The fourth-order valence-corrected chi connectivity index (χ4v) is 2.34. The Morgan fingerprint density at radius 1 is 1.04 bits per heavy atom. The molecule has 24 heavy (non-hydrogen) atoms. The van der Waals surface area contributed by atoms with Gasteiger partial charge in [0.05, 0.1) is 11.6 Å². The van der Waals surface area contributed by atoms with Crippen LogP contribution in [0.3, 0.4) is 0 Å². The molecule has 0 aliphatic carbocycles. The fraction of sp³-hybridized carbons (Fsp3) is 0.222. The van der Waals surface area contributed by atoms with Gasteiger partial charge in [-0.15, -0.1) is 5.10 Å². The van der Waals surface area contributed by atoms with E-state index < -0.39 is 0 Å². The van der Waals surface area contributed by atoms with Crippen LogP contribution < -0.4 is 4.74 Å². The van der Waals surface area contributed by atoms with E-state index in [1.165, 1.54) is 0 Å². The zero-order valence-corrected chi connectivity index (χ0v) is 13.4. The van der Waals surface area contributed by atoms with Crippen LogP contribution in [0.4, 0.5) is 0 Å². The molecule has 0 saturated heterocycles. The molecule has 0 saturated carbocycles. The monoisotopic (exact) mass is 319 g/mol. The van der Waals surface area contributed by atoms with Crippen LogP contribution in [0.1, 0.15) is 24.7 Å². The predicted molar refractivity (Wildman–Crippen MR) is 89.0 cm³/mol. The summed E-state index contributed by atoms with van der Waals surface area (Å²) in [6.45, 7) is 3.20. The van der Waals surface area contributed by atoms with E-state index in [-0.39, 0.29) is 0 Å². The van der Waals surface area contributed by atoms with Crippen molar-refractivity contribution in [2.24, 2.45) is 0 Å². The van der Waals surface area contributed by atoms with Crippen molar-refractivity contribution in [3.63, 3.8) is 0 Å². The molecular formula is C18H17N5O. The number of aromatic nitrogens is 4. The highest BCUT2D eigenvalue weighted by molar-refractivity contribution is 5.64. The Labute approximate surface area is 140 Å². The highest BCUT2D eigenvalue weighted by atomic mass is 16.5. The zero-order chi connectivity index (χ0) is 16.8. The molecule has 2 aromatic carbocycles. The molecule has 0 amide bonds. The average molecular weight is 319 g/mol. The summed E-state index contributed by atoms with van der Waals surface area (Å²) in [6.07, 6.45) is 0.970. The molecule has 1 aromatic heterocycles. The van der Waals surface area contributed by atoms with Gasteiger partial charge in [0.15, 0.2) is 5.82 Å². The van der Waals surface area contributed by atoms with Crippen molar-refractivity contribution in [1.82, 2.24) is 20.2 Å². The lowest BCUT2D eigenvalue weighted by Gasteiger charge is -2.07. The van der Waals surface area contributed by atoms with Gasteiger partial charge in [-0.1, -0.05) is 31.2 Å².